The van der Waals surface area contributed by atoms with Crippen LogP contribution in [-0.2, 0) is 0 Å². The van der Waals surface area contributed by atoms with Crippen molar-refractivity contribution in [3.05, 3.63) is 17.5 Å². The average molecular weight is 138 g/mol. The normalized spacial score (nSPS) is 8.90. The second-order valence-corrected chi connectivity index (χ2v) is 1.61. The summed E-state index contributed by atoms with van der Waals surface area (Å²) in [7, 11) is 0. The van der Waals surface area contributed by atoms with E-state index in [9.17, 15) is 4.39 Å². The van der Waals surface area contributed by atoms with Gasteiger partial charge in [0.15, 0.2) is 5.82 Å². The van der Waals surface area contributed by atoms with Gasteiger partial charge in [-0.25, -0.2) is 4.98 Å². The van der Waals surface area contributed by atoms with Crippen molar-refractivity contribution in [1.82, 2.24) is 15.2 Å². The molecule has 50 valence electrons. The van der Waals surface area contributed by atoms with E-state index in [1.165, 1.54) is 13.0 Å². The zero-order valence-electron chi connectivity index (χ0n) is 5.17. The highest BCUT2D eigenvalue weighted by Crippen LogP contribution is 1.95. The van der Waals surface area contributed by atoms with Crippen LogP contribution in [0.5, 0.6) is 0 Å². The van der Waals surface area contributed by atoms with Crippen LogP contribution in [0.25, 0.3) is 0 Å². The number of nitrogens with zero attached hydrogens (tertiary/aromatic N) is 4. The maximum Gasteiger partial charge on any atom is 0.253 e. The highest BCUT2D eigenvalue weighted by atomic mass is 19.1. The highest BCUT2D eigenvalue weighted by molar-refractivity contribution is 5.15. The van der Waals surface area contributed by atoms with Crippen molar-refractivity contribution in [1.29, 1.82) is 5.26 Å². The lowest BCUT2D eigenvalue weighted by atomic mass is 10.5. The molecule has 0 atom stereocenters. The third-order valence-electron chi connectivity index (χ3n) is 0.856. The number of hydrogen-bond acceptors (Lipinski definition) is 4. The molecule has 0 N–H and O–H groups in total. The molecule has 0 aliphatic heterocycles. The van der Waals surface area contributed by atoms with Gasteiger partial charge in [0.2, 0.25) is 5.69 Å². The van der Waals surface area contributed by atoms with Gasteiger partial charge < -0.3 is 0 Å². The van der Waals surface area contributed by atoms with Gasteiger partial charge in [-0.3, -0.25) is 0 Å². The molecule has 4 nitrogen and oxygen atoms in total. The zero-order chi connectivity index (χ0) is 7.56. The molecule has 0 fully saturated rings. The fourth-order valence-corrected chi connectivity index (χ4v) is 0.449. The summed E-state index contributed by atoms with van der Waals surface area (Å²) in [5.74, 6) is -0.647. The number of nitriles is 1. The van der Waals surface area contributed by atoms with Crippen molar-refractivity contribution in [3.8, 4) is 6.07 Å². The molecule has 0 radical (unpaired) electrons. The Hall–Kier alpha value is -1.57. The van der Waals surface area contributed by atoms with Gasteiger partial charge in [-0.15, -0.1) is 10.2 Å². The van der Waals surface area contributed by atoms with Crippen LogP contribution in [0.4, 0.5) is 4.39 Å². The molecule has 0 aromatic carbocycles. The molecule has 1 rings (SSSR count). The van der Waals surface area contributed by atoms with Crippen molar-refractivity contribution in [2.24, 2.45) is 0 Å². The Kier molecular flexibility index (Phi) is 1.54. The first-order chi connectivity index (χ1) is 4.74. The minimum absolute atomic E-state index is 0.219. The van der Waals surface area contributed by atoms with Crippen LogP contribution in [0, 0.1) is 24.2 Å². The molecule has 1 aromatic rings. The number of aromatic nitrogens is 3. The smallest absolute Gasteiger partial charge is 0.200 e. The Morgan fingerprint density at radius 2 is 2.20 bits per heavy atom. The third kappa shape index (κ3) is 1.05. The van der Waals surface area contributed by atoms with E-state index in [1.54, 1.807) is 0 Å². The lowest BCUT2D eigenvalue weighted by Gasteiger charge is -1.89. The van der Waals surface area contributed by atoms with E-state index in [0.717, 1.165) is 0 Å². The number of aryl methyl sites for hydroxylation is 1. The van der Waals surface area contributed by atoms with E-state index in [1.807, 2.05) is 0 Å². The van der Waals surface area contributed by atoms with Crippen LogP contribution in [0.15, 0.2) is 0 Å². The maximum atomic E-state index is 12.4. The summed E-state index contributed by atoms with van der Waals surface area (Å²) >= 11 is 0. The molecular formula is C5H3FN4. The molecule has 0 bridgehead atoms. The molecule has 0 saturated carbocycles. The Bertz CT molecular complexity index is 290. The molecular weight excluding hydrogens is 135 g/mol. The second kappa shape index (κ2) is 2.35. The molecule has 0 unspecified atom stereocenters. The van der Waals surface area contributed by atoms with Crippen LogP contribution in [-0.4, -0.2) is 15.2 Å². The SMILES string of the molecule is Cc1nnc(C#N)c(F)n1. The Morgan fingerprint density at radius 1 is 1.50 bits per heavy atom. The third-order valence-corrected chi connectivity index (χ3v) is 0.856. The molecule has 0 aliphatic rings. The Balaban J connectivity index is 3.23. The van der Waals surface area contributed by atoms with E-state index < -0.39 is 5.95 Å². The average Bonchev–Trinajstić information content (AvgIpc) is 1.88. The first-order valence-electron chi connectivity index (χ1n) is 2.51. The highest BCUT2D eigenvalue weighted by Gasteiger charge is 2.03. The number of halogens is 1. The molecule has 10 heavy (non-hydrogen) atoms. The van der Waals surface area contributed by atoms with Crippen LogP contribution in [0.3, 0.4) is 0 Å². The van der Waals surface area contributed by atoms with Crippen LogP contribution >= 0.6 is 0 Å². The first-order valence-corrected chi connectivity index (χ1v) is 2.51. The summed E-state index contributed by atoms with van der Waals surface area (Å²) in [5, 5.41) is 14.8. The summed E-state index contributed by atoms with van der Waals surface area (Å²) in [6, 6.07) is 1.51. The summed E-state index contributed by atoms with van der Waals surface area (Å²) in [6.45, 7) is 1.50. The van der Waals surface area contributed by atoms with Crippen LogP contribution in [0.2, 0.25) is 0 Å². The van der Waals surface area contributed by atoms with Gasteiger partial charge in [-0.05, 0) is 6.92 Å². The van der Waals surface area contributed by atoms with E-state index in [4.69, 9.17) is 5.26 Å². The Morgan fingerprint density at radius 3 is 2.70 bits per heavy atom. The predicted molar refractivity (Wildman–Crippen MR) is 29.2 cm³/mol. The lowest BCUT2D eigenvalue weighted by Crippen LogP contribution is -1.99. The minimum Gasteiger partial charge on any atom is -0.200 e. The topological polar surface area (TPSA) is 62.5 Å². The van der Waals surface area contributed by atoms with Crippen LogP contribution < -0.4 is 0 Å². The van der Waals surface area contributed by atoms with Gasteiger partial charge in [0.05, 0.1) is 0 Å². The molecule has 1 heterocycles. The van der Waals surface area contributed by atoms with Gasteiger partial charge in [0.25, 0.3) is 5.95 Å². The maximum absolute atomic E-state index is 12.4. The second-order valence-electron chi connectivity index (χ2n) is 1.61. The van der Waals surface area contributed by atoms with Gasteiger partial charge in [-0.2, -0.15) is 9.65 Å². The molecule has 5 heteroatoms. The van der Waals surface area contributed by atoms with Crippen molar-refractivity contribution < 1.29 is 4.39 Å². The quantitative estimate of drug-likeness (QED) is 0.513. The molecule has 0 spiro atoms. The predicted octanol–water partition coefficient (Wildman–Crippen LogP) is 0.191. The Labute approximate surface area is 56.3 Å². The fourth-order valence-electron chi connectivity index (χ4n) is 0.449. The van der Waals surface area contributed by atoms with E-state index in [2.05, 4.69) is 15.2 Å². The van der Waals surface area contributed by atoms with Gasteiger partial charge >= 0.3 is 0 Å². The summed E-state index contributed by atoms with van der Waals surface area (Å²) in [5.41, 5.74) is -0.370. The summed E-state index contributed by atoms with van der Waals surface area (Å²) in [6.07, 6.45) is 0. The largest absolute Gasteiger partial charge is 0.253 e. The summed E-state index contributed by atoms with van der Waals surface area (Å²) in [4.78, 5) is 3.28. The number of rotatable bonds is 0. The van der Waals surface area contributed by atoms with Crippen molar-refractivity contribution >= 4 is 0 Å². The van der Waals surface area contributed by atoms with Gasteiger partial charge in [0.1, 0.15) is 6.07 Å². The fraction of sp³-hybridized carbons (Fsp3) is 0.200. The van der Waals surface area contributed by atoms with E-state index >= 15 is 0 Å². The lowest BCUT2D eigenvalue weighted by molar-refractivity contribution is 0.554. The molecule has 0 aliphatic carbocycles. The van der Waals surface area contributed by atoms with Gasteiger partial charge in [-0.1, -0.05) is 0 Å². The zero-order valence-corrected chi connectivity index (χ0v) is 5.17. The van der Waals surface area contributed by atoms with Crippen LogP contribution in [0.1, 0.15) is 11.5 Å². The minimum atomic E-state index is -0.866. The molecule has 1 aromatic heterocycles. The monoisotopic (exact) mass is 138 g/mol. The van der Waals surface area contributed by atoms with Gasteiger partial charge in [0, 0.05) is 0 Å². The van der Waals surface area contributed by atoms with Crippen molar-refractivity contribution in [2.75, 3.05) is 0 Å². The standard InChI is InChI=1S/C5H3FN4/c1-3-8-5(6)4(2-7)10-9-3/h1H3. The van der Waals surface area contributed by atoms with Crippen molar-refractivity contribution in [3.63, 3.8) is 0 Å². The van der Waals surface area contributed by atoms with E-state index in [0.29, 0.717) is 0 Å². The molecule has 0 saturated heterocycles. The summed E-state index contributed by atoms with van der Waals surface area (Å²) < 4.78 is 12.4. The molecule has 0 amide bonds. The first kappa shape index (κ1) is 6.55. The van der Waals surface area contributed by atoms with Crippen molar-refractivity contribution in [2.45, 2.75) is 6.92 Å². The van der Waals surface area contributed by atoms with E-state index in [-0.39, 0.29) is 11.5 Å². The number of hydrogen-bond donors (Lipinski definition) is 0.